The molecular formula is C19H24N4O2. The van der Waals surface area contributed by atoms with E-state index in [0.717, 1.165) is 51.3 Å². The number of piperazine rings is 1. The fourth-order valence-electron chi connectivity index (χ4n) is 3.93. The first kappa shape index (κ1) is 16.3. The Labute approximate surface area is 147 Å². The summed E-state index contributed by atoms with van der Waals surface area (Å²) < 4.78 is 5.03. The zero-order chi connectivity index (χ0) is 17.3. The first-order valence-electron chi connectivity index (χ1n) is 9.04. The summed E-state index contributed by atoms with van der Waals surface area (Å²) in [6, 6.07) is 10.3. The van der Waals surface area contributed by atoms with Gasteiger partial charge in [0.1, 0.15) is 0 Å². The fraction of sp³-hybridized carbons (Fsp3) is 0.526. The van der Waals surface area contributed by atoms with E-state index in [0.29, 0.717) is 18.3 Å². The largest absolute Gasteiger partial charge is 0.340 e. The molecule has 1 aromatic carbocycles. The third-order valence-corrected chi connectivity index (χ3v) is 5.54. The minimum atomic E-state index is -0.284. The standard InChI is InChI=1S/C19H24N4O2/c1-15-20-17(21-25-15)14-22-10-12-23(13-11-22)18(24)19(8-5-9-19)16-6-3-2-4-7-16/h2-4,6-7H,5,8-14H2,1H3. The SMILES string of the molecule is Cc1nc(CN2CCN(C(=O)C3(c4ccccc4)CCC3)CC2)no1. The Balaban J connectivity index is 1.39. The van der Waals surface area contributed by atoms with Crippen molar-refractivity contribution in [3.63, 3.8) is 0 Å². The first-order chi connectivity index (χ1) is 12.2. The summed E-state index contributed by atoms with van der Waals surface area (Å²) in [5.41, 5.74) is 0.893. The van der Waals surface area contributed by atoms with Crippen LogP contribution < -0.4 is 0 Å². The van der Waals surface area contributed by atoms with Crippen LogP contribution in [-0.4, -0.2) is 52.0 Å². The van der Waals surface area contributed by atoms with E-state index in [-0.39, 0.29) is 5.41 Å². The number of carbonyl (C=O) groups is 1. The van der Waals surface area contributed by atoms with E-state index in [1.165, 1.54) is 5.56 Å². The maximum Gasteiger partial charge on any atom is 0.233 e. The van der Waals surface area contributed by atoms with Gasteiger partial charge in [0.25, 0.3) is 0 Å². The second-order valence-corrected chi connectivity index (χ2v) is 7.10. The van der Waals surface area contributed by atoms with Gasteiger partial charge >= 0.3 is 0 Å². The fourth-order valence-corrected chi connectivity index (χ4v) is 3.93. The van der Waals surface area contributed by atoms with Gasteiger partial charge in [0.05, 0.1) is 12.0 Å². The number of carbonyl (C=O) groups excluding carboxylic acids is 1. The average molecular weight is 340 g/mol. The topological polar surface area (TPSA) is 62.5 Å². The van der Waals surface area contributed by atoms with Crippen molar-refractivity contribution in [2.75, 3.05) is 26.2 Å². The highest BCUT2D eigenvalue weighted by molar-refractivity contribution is 5.89. The molecule has 132 valence electrons. The van der Waals surface area contributed by atoms with Crippen molar-refractivity contribution < 1.29 is 9.32 Å². The maximum absolute atomic E-state index is 13.2. The van der Waals surface area contributed by atoms with Crippen LogP contribution in [0, 0.1) is 6.92 Å². The van der Waals surface area contributed by atoms with E-state index < -0.39 is 0 Å². The van der Waals surface area contributed by atoms with Gasteiger partial charge in [0.15, 0.2) is 5.82 Å². The van der Waals surface area contributed by atoms with Gasteiger partial charge in [-0.2, -0.15) is 4.98 Å². The van der Waals surface area contributed by atoms with Gasteiger partial charge in [0, 0.05) is 33.1 Å². The Morgan fingerprint density at radius 1 is 1.16 bits per heavy atom. The molecule has 6 heteroatoms. The molecule has 0 radical (unpaired) electrons. The molecule has 2 aliphatic rings. The van der Waals surface area contributed by atoms with Crippen molar-refractivity contribution in [1.82, 2.24) is 19.9 Å². The van der Waals surface area contributed by atoms with Crippen LogP contribution in [0.5, 0.6) is 0 Å². The van der Waals surface area contributed by atoms with Gasteiger partial charge in [-0.25, -0.2) is 0 Å². The Morgan fingerprint density at radius 3 is 2.44 bits per heavy atom. The predicted molar refractivity (Wildman–Crippen MR) is 92.9 cm³/mol. The zero-order valence-corrected chi connectivity index (χ0v) is 14.6. The molecular weight excluding hydrogens is 316 g/mol. The third-order valence-electron chi connectivity index (χ3n) is 5.54. The minimum absolute atomic E-state index is 0.284. The number of nitrogens with zero attached hydrogens (tertiary/aromatic N) is 4. The van der Waals surface area contributed by atoms with E-state index in [1.807, 2.05) is 23.1 Å². The Morgan fingerprint density at radius 2 is 1.88 bits per heavy atom. The van der Waals surface area contributed by atoms with Crippen molar-refractivity contribution in [3.8, 4) is 0 Å². The molecule has 25 heavy (non-hydrogen) atoms. The minimum Gasteiger partial charge on any atom is -0.340 e. The van der Waals surface area contributed by atoms with Crippen molar-refractivity contribution in [2.45, 2.75) is 38.1 Å². The van der Waals surface area contributed by atoms with E-state index in [4.69, 9.17) is 4.52 Å². The van der Waals surface area contributed by atoms with E-state index >= 15 is 0 Å². The van der Waals surface area contributed by atoms with Crippen molar-refractivity contribution in [3.05, 3.63) is 47.6 Å². The zero-order valence-electron chi connectivity index (χ0n) is 14.6. The average Bonchev–Trinajstić information content (AvgIpc) is 3.00. The van der Waals surface area contributed by atoms with Crippen LogP contribution in [0.3, 0.4) is 0 Å². The number of rotatable bonds is 4. The molecule has 0 spiro atoms. The van der Waals surface area contributed by atoms with Crippen molar-refractivity contribution in [1.29, 1.82) is 0 Å². The summed E-state index contributed by atoms with van der Waals surface area (Å²) in [6.07, 6.45) is 3.08. The number of aromatic nitrogens is 2. The second kappa shape index (κ2) is 6.59. The summed E-state index contributed by atoms with van der Waals surface area (Å²) in [7, 11) is 0. The Kier molecular flexibility index (Phi) is 4.29. The third kappa shape index (κ3) is 3.06. The number of amides is 1. The molecule has 0 bridgehead atoms. The molecule has 0 N–H and O–H groups in total. The van der Waals surface area contributed by atoms with Gasteiger partial charge in [-0.05, 0) is 18.4 Å². The molecule has 0 unspecified atom stereocenters. The van der Waals surface area contributed by atoms with Crippen molar-refractivity contribution in [2.24, 2.45) is 0 Å². The molecule has 1 saturated carbocycles. The van der Waals surface area contributed by atoms with E-state index in [9.17, 15) is 4.79 Å². The van der Waals surface area contributed by atoms with E-state index in [2.05, 4.69) is 27.2 Å². The number of benzene rings is 1. The Bertz CT molecular complexity index is 731. The monoisotopic (exact) mass is 340 g/mol. The van der Waals surface area contributed by atoms with Gasteiger partial charge in [0.2, 0.25) is 11.8 Å². The smallest absolute Gasteiger partial charge is 0.233 e. The highest BCUT2D eigenvalue weighted by Gasteiger charge is 2.47. The van der Waals surface area contributed by atoms with Gasteiger partial charge in [-0.1, -0.05) is 41.9 Å². The van der Waals surface area contributed by atoms with Crippen LogP contribution in [-0.2, 0) is 16.8 Å². The summed E-state index contributed by atoms with van der Waals surface area (Å²) >= 11 is 0. The Hall–Kier alpha value is -2.21. The number of hydrogen-bond acceptors (Lipinski definition) is 5. The number of aryl methyl sites for hydroxylation is 1. The van der Waals surface area contributed by atoms with Gasteiger partial charge in [-0.3, -0.25) is 9.69 Å². The number of hydrogen-bond donors (Lipinski definition) is 0. The highest BCUT2D eigenvalue weighted by Crippen LogP contribution is 2.45. The van der Waals surface area contributed by atoms with Crippen LogP contribution in [0.25, 0.3) is 0 Å². The summed E-state index contributed by atoms with van der Waals surface area (Å²) in [5.74, 6) is 1.62. The highest BCUT2D eigenvalue weighted by atomic mass is 16.5. The van der Waals surface area contributed by atoms with Crippen LogP contribution >= 0.6 is 0 Å². The molecule has 2 fully saturated rings. The molecule has 1 saturated heterocycles. The lowest BCUT2D eigenvalue weighted by Crippen LogP contribution is -2.56. The van der Waals surface area contributed by atoms with E-state index in [1.54, 1.807) is 6.92 Å². The molecule has 1 aliphatic heterocycles. The lowest BCUT2D eigenvalue weighted by Gasteiger charge is -2.46. The lowest BCUT2D eigenvalue weighted by atomic mass is 9.63. The first-order valence-corrected chi connectivity index (χ1v) is 9.04. The molecule has 1 amide bonds. The van der Waals surface area contributed by atoms with Crippen LogP contribution in [0.1, 0.15) is 36.5 Å². The molecule has 4 rings (SSSR count). The molecule has 1 aliphatic carbocycles. The molecule has 0 atom stereocenters. The summed E-state index contributed by atoms with van der Waals surface area (Å²) in [5, 5.41) is 3.96. The van der Waals surface area contributed by atoms with Crippen LogP contribution in [0.4, 0.5) is 0 Å². The van der Waals surface area contributed by atoms with Gasteiger partial charge in [-0.15, -0.1) is 0 Å². The van der Waals surface area contributed by atoms with Gasteiger partial charge < -0.3 is 9.42 Å². The lowest BCUT2D eigenvalue weighted by molar-refractivity contribution is -0.142. The predicted octanol–water partition coefficient (Wildman–Crippen LogP) is 2.14. The summed E-state index contributed by atoms with van der Waals surface area (Å²) in [6.45, 7) is 5.72. The molecule has 2 heterocycles. The maximum atomic E-state index is 13.2. The molecule has 2 aromatic rings. The molecule has 6 nitrogen and oxygen atoms in total. The summed E-state index contributed by atoms with van der Waals surface area (Å²) in [4.78, 5) is 21.8. The molecule has 1 aromatic heterocycles. The van der Waals surface area contributed by atoms with Crippen molar-refractivity contribution >= 4 is 5.91 Å². The normalized spacial score (nSPS) is 20.3. The van der Waals surface area contributed by atoms with Crippen LogP contribution in [0.2, 0.25) is 0 Å². The van der Waals surface area contributed by atoms with Crippen LogP contribution in [0.15, 0.2) is 34.9 Å². The quantitative estimate of drug-likeness (QED) is 0.853. The second-order valence-electron chi connectivity index (χ2n) is 7.10.